The van der Waals surface area contributed by atoms with Crippen LogP contribution in [0.25, 0.3) is 0 Å². The van der Waals surface area contributed by atoms with Gasteiger partial charge in [-0.05, 0) is 30.5 Å². The van der Waals surface area contributed by atoms with Crippen molar-refractivity contribution in [3.8, 4) is 5.75 Å². The lowest BCUT2D eigenvalue weighted by molar-refractivity contribution is 0.151. The summed E-state index contributed by atoms with van der Waals surface area (Å²) in [7, 11) is 0. The topological polar surface area (TPSA) is 29.5 Å². The molecule has 1 aromatic carbocycles. The van der Waals surface area contributed by atoms with Crippen molar-refractivity contribution in [1.82, 2.24) is 0 Å². The van der Waals surface area contributed by atoms with Crippen molar-refractivity contribution >= 4 is 23.4 Å². The highest BCUT2D eigenvalue weighted by Gasteiger charge is 2.40. The van der Waals surface area contributed by atoms with Gasteiger partial charge in [-0.1, -0.05) is 17.7 Å². The summed E-state index contributed by atoms with van der Waals surface area (Å²) in [6, 6.07) is 5.84. The second kappa shape index (κ2) is 4.38. The summed E-state index contributed by atoms with van der Waals surface area (Å²) in [6.07, 6.45) is 2.83. The van der Waals surface area contributed by atoms with Crippen molar-refractivity contribution in [2.45, 2.75) is 31.0 Å². The van der Waals surface area contributed by atoms with E-state index in [4.69, 9.17) is 16.3 Å². The summed E-state index contributed by atoms with van der Waals surface area (Å²) in [5.41, 5.74) is 0.626. The van der Waals surface area contributed by atoms with Crippen molar-refractivity contribution in [1.29, 1.82) is 0 Å². The highest BCUT2D eigenvalue weighted by molar-refractivity contribution is 8.00. The molecule has 0 unspecified atom stereocenters. The molecule has 1 saturated carbocycles. The van der Waals surface area contributed by atoms with E-state index in [1.54, 1.807) is 0 Å². The van der Waals surface area contributed by atoms with E-state index >= 15 is 0 Å². The number of hydrogen-bond acceptors (Lipinski definition) is 3. The molecule has 0 radical (unpaired) electrons. The van der Waals surface area contributed by atoms with E-state index in [1.807, 2.05) is 30.0 Å². The molecule has 2 fully saturated rings. The van der Waals surface area contributed by atoms with Gasteiger partial charge >= 0.3 is 0 Å². The van der Waals surface area contributed by atoms with Crippen LogP contribution in [0.4, 0.5) is 0 Å². The highest BCUT2D eigenvalue weighted by Crippen LogP contribution is 2.39. The third kappa shape index (κ3) is 2.72. The van der Waals surface area contributed by atoms with E-state index in [0.29, 0.717) is 17.5 Å². The van der Waals surface area contributed by atoms with Gasteiger partial charge < -0.3 is 9.84 Å². The first-order valence-corrected chi connectivity index (χ1v) is 7.43. The van der Waals surface area contributed by atoms with E-state index in [9.17, 15) is 5.11 Å². The normalized spacial score (nSPS) is 22.0. The molecule has 0 atom stereocenters. The molecule has 2 aliphatic rings. The Labute approximate surface area is 110 Å². The third-order valence-electron chi connectivity index (χ3n) is 3.26. The largest absolute Gasteiger partial charge is 0.487 e. The molecule has 1 heterocycles. The Balaban J connectivity index is 1.69. The predicted molar refractivity (Wildman–Crippen MR) is 71.1 cm³/mol. The van der Waals surface area contributed by atoms with E-state index in [0.717, 1.165) is 35.7 Å². The Bertz CT molecular complexity index is 427. The molecule has 2 nitrogen and oxygen atoms in total. The Morgan fingerprint density at radius 3 is 2.71 bits per heavy atom. The Kier molecular flexibility index (Phi) is 3.01. The van der Waals surface area contributed by atoms with Crippen LogP contribution in [-0.2, 0) is 6.42 Å². The zero-order valence-corrected chi connectivity index (χ0v) is 11.1. The summed E-state index contributed by atoms with van der Waals surface area (Å²) in [5, 5.41) is 10.5. The van der Waals surface area contributed by atoms with Gasteiger partial charge in [-0.25, -0.2) is 0 Å². The van der Waals surface area contributed by atoms with E-state index in [-0.39, 0.29) is 0 Å². The van der Waals surface area contributed by atoms with Crippen molar-refractivity contribution in [2.24, 2.45) is 0 Å². The first kappa shape index (κ1) is 11.7. The number of hydrogen-bond donors (Lipinski definition) is 1. The van der Waals surface area contributed by atoms with Gasteiger partial charge in [0.1, 0.15) is 11.9 Å². The summed E-state index contributed by atoms with van der Waals surface area (Å²) >= 11 is 8.08. The molecule has 1 aliphatic heterocycles. The predicted octanol–water partition coefficient (Wildman–Crippen LogP) is 2.90. The second-order valence-electron chi connectivity index (χ2n) is 4.94. The van der Waals surface area contributed by atoms with Gasteiger partial charge in [0, 0.05) is 17.9 Å². The molecule has 4 heteroatoms. The molecule has 0 aromatic heterocycles. The summed E-state index contributed by atoms with van der Waals surface area (Å²) in [6.45, 7) is 0. The molecule has 3 rings (SSSR count). The maximum absolute atomic E-state index is 9.86. The average Bonchev–Trinajstić information content (AvgIpc) is 2.92. The zero-order chi connectivity index (χ0) is 11.9. The van der Waals surface area contributed by atoms with Crippen LogP contribution in [0.3, 0.4) is 0 Å². The van der Waals surface area contributed by atoms with Crippen LogP contribution in [0.5, 0.6) is 5.75 Å². The van der Waals surface area contributed by atoms with Gasteiger partial charge in [-0.15, -0.1) is 0 Å². The van der Waals surface area contributed by atoms with Crippen molar-refractivity contribution in [3.05, 3.63) is 28.8 Å². The average molecular weight is 271 g/mol. The molecule has 1 N–H and O–H groups in total. The van der Waals surface area contributed by atoms with E-state index in [1.165, 1.54) is 0 Å². The number of benzene rings is 1. The smallest absolute Gasteiger partial charge is 0.138 e. The quantitative estimate of drug-likeness (QED) is 0.912. The van der Waals surface area contributed by atoms with Crippen molar-refractivity contribution in [3.63, 3.8) is 0 Å². The van der Waals surface area contributed by atoms with Crippen molar-refractivity contribution < 1.29 is 9.84 Å². The minimum Gasteiger partial charge on any atom is -0.487 e. The van der Waals surface area contributed by atoms with E-state index in [2.05, 4.69) is 0 Å². The minimum atomic E-state index is -0.462. The maximum atomic E-state index is 9.86. The van der Waals surface area contributed by atoms with Gasteiger partial charge in [0.25, 0.3) is 0 Å². The summed E-state index contributed by atoms with van der Waals surface area (Å²) < 4.78 is 5.77. The molecule has 0 bridgehead atoms. The number of rotatable bonds is 4. The van der Waals surface area contributed by atoms with Crippen LogP contribution in [0.15, 0.2) is 18.2 Å². The molecule has 0 amide bonds. The zero-order valence-electron chi connectivity index (χ0n) is 9.49. The summed E-state index contributed by atoms with van der Waals surface area (Å²) in [4.78, 5) is 0. The fourth-order valence-corrected chi connectivity index (χ4v) is 2.72. The third-order valence-corrected chi connectivity index (χ3v) is 4.77. The first-order chi connectivity index (χ1) is 8.15. The molecular formula is C13H15ClO2S. The number of halogens is 1. The van der Waals surface area contributed by atoms with Gasteiger partial charge in [0.2, 0.25) is 0 Å². The summed E-state index contributed by atoms with van der Waals surface area (Å²) in [5.74, 6) is 2.87. The van der Waals surface area contributed by atoms with Crippen molar-refractivity contribution in [2.75, 3.05) is 11.5 Å². The SMILES string of the molecule is OC1(Cc2ccc(OC3CSC3)c(Cl)c2)CC1. The van der Waals surface area contributed by atoms with Crippen LogP contribution in [0.2, 0.25) is 5.02 Å². The molecule has 17 heavy (non-hydrogen) atoms. The van der Waals surface area contributed by atoms with Gasteiger partial charge in [-0.3, -0.25) is 0 Å². The lowest BCUT2D eigenvalue weighted by atomic mass is 10.1. The maximum Gasteiger partial charge on any atom is 0.138 e. The molecule has 92 valence electrons. The van der Waals surface area contributed by atoms with Gasteiger partial charge in [0.15, 0.2) is 0 Å². The highest BCUT2D eigenvalue weighted by atomic mass is 35.5. The minimum absolute atomic E-state index is 0.316. The Hall–Kier alpha value is -0.380. The monoisotopic (exact) mass is 270 g/mol. The van der Waals surface area contributed by atoms with Crippen LogP contribution in [0, 0.1) is 0 Å². The standard InChI is InChI=1S/C13H15ClO2S/c14-11-5-9(6-13(15)3-4-13)1-2-12(11)16-10-7-17-8-10/h1-2,5,10,15H,3-4,6-8H2. The fourth-order valence-electron chi connectivity index (χ4n) is 1.91. The number of aliphatic hydroxyl groups is 1. The van der Waals surface area contributed by atoms with Crippen LogP contribution >= 0.6 is 23.4 Å². The number of ether oxygens (including phenoxy) is 1. The van der Waals surface area contributed by atoms with Gasteiger partial charge in [-0.2, -0.15) is 11.8 Å². The fraction of sp³-hybridized carbons (Fsp3) is 0.538. The molecule has 0 spiro atoms. The van der Waals surface area contributed by atoms with Crippen LogP contribution in [0.1, 0.15) is 18.4 Å². The molecule has 1 aromatic rings. The van der Waals surface area contributed by atoms with Crippen LogP contribution in [-0.4, -0.2) is 28.3 Å². The lowest BCUT2D eigenvalue weighted by Gasteiger charge is -2.26. The first-order valence-electron chi connectivity index (χ1n) is 5.90. The number of thioether (sulfide) groups is 1. The molecule has 1 aliphatic carbocycles. The van der Waals surface area contributed by atoms with E-state index < -0.39 is 5.60 Å². The lowest BCUT2D eigenvalue weighted by Crippen LogP contribution is -2.31. The molecule has 1 saturated heterocycles. The second-order valence-corrected chi connectivity index (χ2v) is 6.43. The van der Waals surface area contributed by atoms with Gasteiger partial charge in [0.05, 0.1) is 10.6 Å². The Morgan fingerprint density at radius 2 is 2.18 bits per heavy atom. The van der Waals surface area contributed by atoms with Crippen LogP contribution < -0.4 is 4.74 Å². The molecular weight excluding hydrogens is 256 g/mol. The Morgan fingerprint density at radius 1 is 1.41 bits per heavy atom.